The predicted molar refractivity (Wildman–Crippen MR) is 90.5 cm³/mol. The van der Waals surface area contributed by atoms with Crippen molar-refractivity contribution < 1.29 is 9.90 Å². The number of aromatic nitrogens is 4. The fourth-order valence-electron chi connectivity index (χ4n) is 3.38. The number of hydrogen-bond donors (Lipinski definition) is 1. The number of carbonyl (C=O) groups is 1. The average Bonchev–Trinajstić information content (AvgIpc) is 3.03. The molecule has 1 N–H and O–H groups in total. The van der Waals surface area contributed by atoms with Gasteiger partial charge < -0.3 is 10.0 Å². The third-order valence-corrected chi connectivity index (χ3v) is 4.58. The monoisotopic (exact) mass is 339 g/mol. The molecular formula is C17H17N5O3. The van der Waals surface area contributed by atoms with E-state index >= 15 is 0 Å². The minimum atomic E-state index is -1.01. The molecule has 8 nitrogen and oxygen atoms in total. The molecule has 0 aliphatic carbocycles. The van der Waals surface area contributed by atoms with Crippen molar-refractivity contribution in [1.82, 2.24) is 24.2 Å². The zero-order chi connectivity index (χ0) is 17.6. The molecule has 3 aromatic rings. The summed E-state index contributed by atoms with van der Waals surface area (Å²) >= 11 is 0. The molecule has 4 rings (SSSR count). The highest BCUT2D eigenvalue weighted by Gasteiger charge is 2.26. The normalized spacial score (nSPS) is 13.9. The lowest BCUT2D eigenvalue weighted by molar-refractivity contribution is 0.139. The van der Waals surface area contributed by atoms with Crippen molar-refractivity contribution in [3.63, 3.8) is 0 Å². The quantitative estimate of drug-likeness (QED) is 0.757. The molecule has 0 saturated carbocycles. The second-order valence-electron chi connectivity index (χ2n) is 6.16. The summed E-state index contributed by atoms with van der Waals surface area (Å²) in [5, 5.41) is 14.5. The van der Waals surface area contributed by atoms with Crippen LogP contribution in [0.1, 0.15) is 16.8 Å². The van der Waals surface area contributed by atoms with Crippen LogP contribution in [0.3, 0.4) is 0 Å². The summed E-state index contributed by atoms with van der Waals surface area (Å²) in [6.07, 6.45) is 2.99. The molecular weight excluding hydrogens is 322 g/mol. The van der Waals surface area contributed by atoms with E-state index in [4.69, 9.17) is 0 Å². The maximum atomic E-state index is 13.1. The zero-order valence-corrected chi connectivity index (χ0v) is 13.7. The largest absolute Gasteiger partial charge is 0.465 e. The first-order valence-corrected chi connectivity index (χ1v) is 8.00. The Morgan fingerprint density at radius 2 is 2.16 bits per heavy atom. The van der Waals surface area contributed by atoms with Crippen LogP contribution in [0, 0.1) is 0 Å². The Labute approximate surface area is 142 Å². The topological polar surface area (TPSA) is 93.2 Å². The number of amides is 1. The Hall–Kier alpha value is -3.16. The Bertz CT molecular complexity index is 1040. The van der Waals surface area contributed by atoms with E-state index in [1.54, 1.807) is 15.4 Å². The van der Waals surface area contributed by atoms with E-state index in [9.17, 15) is 14.7 Å². The molecule has 4 heterocycles. The van der Waals surface area contributed by atoms with Gasteiger partial charge in [0.15, 0.2) is 0 Å². The Morgan fingerprint density at radius 1 is 1.32 bits per heavy atom. The summed E-state index contributed by atoms with van der Waals surface area (Å²) in [5.74, 6) is 0. The molecule has 0 fully saturated rings. The molecule has 0 unspecified atom stereocenters. The van der Waals surface area contributed by atoms with Gasteiger partial charge in [0.2, 0.25) is 0 Å². The van der Waals surface area contributed by atoms with E-state index in [1.165, 1.54) is 4.90 Å². The second kappa shape index (κ2) is 5.73. The molecule has 0 saturated heterocycles. The molecule has 128 valence electrons. The van der Waals surface area contributed by atoms with E-state index < -0.39 is 6.09 Å². The molecule has 0 bridgehead atoms. The summed E-state index contributed by atoms with van der Waals surface area (Å²) in [5.41, 5.74) is 2.61. The first kappa shape index (κ1) is 15.4. The minimum absolute atomic E-state index is 0.108. The van der Waals surface area contributed by atoms with Gasteiger partial charge in [0.05, 0.1) is 18.8 Å². The fraction of sp³-hybridized carbons (Fsp3) is 0.294. The van der Waals surface area contributed by atoms with Crippen molar-refractivity contribution in [2.75, 3.05) is 6.54 Å². The molecule has 0 atom stereocenters. The van der Waals surface area contributed by atoms with Gasteiger partial charge in [-0.15, -0.1) is 0 Å². The number of aryl methyl sites for hydroxylation is 1. The van der Waals surface area contributed by atoms with Gasteiger partial charge in [-0.05, 0) is 30.2 Å². The molecule has 3 aromatic heterocycles. The van der Waals surface area contributed by atoms with Crippen LogP contribution in [0.5, 0.6) is 0 Å². The van der Waals surface area contributed by atoms with Gasteiger partial charge in [0.25, 0.3) is 5.56 Å². The Morgan fingerprint density at radius 3 is 2.88 bits per heavy atom. The minimum Gasteiger partial charge on any atom is -0.465 e. The highest BCUT2D eigenvalue weighted by molar-refractivity contribution is 5.81. The van der Waals surface area contributed by atoms with Crippen molar-refractivity contribution >= 4 is 17.1 Å². The van der Waals surface area contributed by atoms with Gasteiger partial charge in [-0.1, -0.05) is 0 Å². The smallest absolute Gasteiger partial charge is 0.407 e. The van der Waals surface area contributed by atoms with Crippen LogP contribution in [0.25, 0.3) is 11.0 Å². The highest BCUT2D eigenvalue weighted by atomic mass is 16.4. The molecule has 25 heavy (non-hydrogen) atoms. The van der Waals surface area contributed by atoms with Gasteiger partial charge >= 0.3 is 6.09 Å². The lowest BCUT2D eigenvalue weighted by Crippen LogP contribution is -2.40. The second-order valence-corrected chi connectivity index (χ2v) is 6.16. The van der Waals surface area contributed by atoms with Gasteiger partial charge in [0, 0.05) is 36.9 Å². The Kier molecular flexibility index (Phi) is 3.52. The lowest BCUT2D eigenvalue weighted by Gasteiger charge is -2.27. The third-order valence-electron chi connectivity index (χ3n) is 4.58. The van der Waals surface area contributed by atoms with Gasteiger partial charge in [0.1, 0.15) is 5.65 Å². The van der Waals surface area contributed by atoms with Crippen LogP contribution >= 0.6 is 0 Å². The van der Waals surface area contributed by atoms with Crippen molar-refractivity contribution in [3.8, 4) is 0 Å². The predicted octanol–water partition coefficient (Wildman–Crippen LogP) is 1.21. The first-order valence-electron chi connectivity index (χ1n) is 8.00. The maximum absolute atomic E-state index is 13.1. The SMILES string of the molecule is Cn1ccc(Cn2c(=O)c3c(c4cccnc42)CCN(C(=O)O)C3)n1. The average molecular weight is 339 g/mol. The maximum Gasteiger partial charge on any atom is 0.407 e. The van der Waals surface area contributed by atoms with Gasteiger partial charge in [-0.3, -0.25) is 14.0 Å². The van der Waals surface area contributed by atoms with Crippen LogP contribution in [0.4, 0.5) is 4.79 Å². The van der Waals surface area contributed by atoms with Crippen LogP contribution in [0.2, 0.25) is 0 Å². The molecule has 1 aliphatic rings. The van der Waals surface area contributed by atoms with E-state index in [-0.39, 0.29) is 12.1 Å². The number of fused-ring (bicyclic) bond motifs is 3. The number of nitrogens with zero attached hydrogens (tertiary/aromatic N) is 5. The fourth-order valence-corrected chi connectivity index (χ4v) is 3.38. The van der Waals surface area contributed by atoms with Crippen LogP contribution in [-0.2, 0) is 26.6 Å². The molecule has 0 aromatic carbocycles. The standard InChI is InChI=1S/C17H17N5O3/c1-20-7-4-11(19-20)9-22-15-13(3-2-6-18-15)12-5-8-21(17(24)25)10-14(12)16(22)23/h2-4,6-7H,5,8-10H2,1H3,(H,24,25). The molecule has 1 aliphatic heterocycles. The van der Waals surface area contributed by atoms with Crippen molar-refractivity contribution in [3.05, 3.63) is 57.8 Å². The zero-order valence-electron chi connectivity index (χ0n) is 13.7. The molecule has 0 spiro atoms. The van der Waals surface area contributed by atoms with Crippen LogP contribution < -0.4 is 5.56 Å². The lowest BCUT2D eigenvalue weighted by atomic mass is 9.97. The summed E-state index contributed by atoms with van der Waals surface area (Å²) < 4.78 is 3.27. The van der Waals surface area contributed by atoms with Crippen LogP contribution in [-0.4, -0.2) is 42.0 Å². The van der Waals surface area contributed by atoms with E-state index in [0.29, 0.717) is 30.7 Å². The highest BCUT2D eigenvalue weighted by Crippen LogP contribution is 2.24. The molecule has 1 amide bonds. The van der Waals surface area contributed by atoms with Crippen LogP contribution in [0.15, 0.2) is 35.4 Å². The van der Waals surface area contributed by atoms with E-state index in [2.05, 4.69) is 10.1 Å². The molecule has 0 radical (unpaired) electrons. The number of rotatable bonds is 2. The Balaban J connectivity index is 1.92. The summed E-state index contributed by atoms with van der Waals surface area (Å²) in [6, 6.07) is 5.62. The van der Waals surface area contributed by atoms with Crippen molar-refractivity contribution in [1.29, 1.82) is 0 Å². The van der Waals surface area contributed by atoms with Crippen molar-refractivity contribution in [2.45, 2.75) is 19.5 Å². The number of pyridine rings is 2. The number of hydrogen-bond acceptors (Lipinski definition) is 4. The summed E-state index contributed by atoms with van der Waals surface area (Å²) in [4.78, 5) is 30.1. The summed E-state index contributed by atoms with van der Waals surface area (Å²) in [7, 11) is 1.82. The van der Waals surface area contributed by atoms with E-state index in [1.807, 2.05) is 31.4 Å². The third kappa shape index (κ3) is 2.55. The van der Waals surface area contributed by atoms with E-state index in [0.717, 1.165) is 16.6 Å². The summed E-state index contributed by atoms with van der Waals surface area (Å²) in [6.45, 7) is 0.792. The first-order chi connectivity index (χ1) is 12.0. The van der Waals surface area contributed by atoms with Gasteiger partial charge in [-0.25, -0.2) is 9.78 Å². The van der Waals surface area contributed by atoms with Crippen molar-refractivity contribution in [2.24, 2.45) is 7.05 Å². The molecule has 8 heteroatoms. The van der Waals surface area contributed by atoms with Gasteiger partial charge in [-0.2, -0.15) is 5.10 Å². The number of carboxylic acid groups (broad SMARTS) is 1.